The zero-order valence-corrected chi connectivity index (χ0v) is 14.4. The number of rotatable bonds is 7. The van der Waals surface area contributed by atoms with E-state index in [1.165, 1.54) is 18.2 Å². The third-order valence-corrected chi connectivity index (χ3v) is 3.94. The summed E-state index contributed by atoms with van der Waals surface area (Å²) in [5.41, 5.74) is 6.98. The highest BCUT2D eigenvalue weighted by molar-refractivity contribution is 7.99. The van der Waals surface area contributed by atoms with E-state index in [2.05, 4.69) is 20.1 Å². The van der Waals surface area contributed by atoms with E-state index in [9.17, 15) is 0 Å². The summed E-state index contributed by atoms with van der Waals surface area (Å²) in [6.45, 7) is 0. The molecule has 1 heterocycles. The van der Waals surface area contributed by atoms with E-state index in [0.717, 1.165) is 17.0 Å². The lowest BCUT2D eigenvalue weighted by molar-refractivity contribution is 0.335. The molecular weight excluding hydrogens is 350 g/mol. The van der Waals surface area contributed by atoms with Gasteiger partial charge in [0.05, 0.1) is 11.4 Å². The molecule has 0 aliphatic rings. The first-order valence-electron chi connectivity index (χ1n) is 7.57. The number of nitrogens with zero attached hydrogens (tertiary/aromatic N) is 4. The van der Waals surface area contributed by atoms with Crippen molar-refractivity contribution in [3.8, 4) is 5.75 Å². The minimum atomic E-state index is 0.507. The number of anilines is 1. The number of benzene rings is 2. The van der Waals surface area contributed by atoms with Crippen molar-refractivity contribution in [1.29, 1.82) is 0 Å². The van der Waals surface area contributed by atoms with Crippen LogP contribution in [0, 0.1) is 0 Å². The van der Waals surface area contributed by atoms with Gasteiger partial charge in [0.25, 0.3) is 0 Å². The van der Waals surface area contributed by atoms with Crippen LogP contribution in [0.5, 0.6) is 5.75 Å². The van der Waals surface area contributed by atoms with Crippen molar-refractivity contribution in [2.75, 3.05) is 5.73 Å². The molecule has 130 valence electrons. The Balaban J connectivity index is 1.46. The van der Waals surface area contributed by atoms with Gasteiger partial charge in [0, 0.05) is 17.3 Å². The largest absolute Gasteiger partial charge is 0.440 e. The number of para-hydroxylation sites is 2. The second-order valence-electron chi connectivity index (χ2n) is 4.83. The topological polar surface area (TPSA) is 95.0 Å². The van der Waals surface area contributed by atoms with Crippen molar-refractivity contribution < 1.29 is 9.57 Å². The number of aromatic nitrogens is 2. The summed E-state index contributed by atoms with van der Waals surface area (Å²) in [4.78, 5) is 18.4. The first kappa shape index (κ1) is 17.4. The van der Waals surface area contributed by atoms with Gasteiger partial charge >= 0.3 is 0 Å². The Kier molecular flexibility index (Phi) is 6.16. The molecular formula is C18H15N5O2S. The predicted molar refractivity (Wildman–Crippen MR) is 102 cm³/mol. The van der Waals surface area contributed by atoms with Gasteiger partial charge in [-0.1, -0.05) is 12.1 Å². The Morgan fingerprint density at radius 2 is 1.69 bits per heavy atom. The first-order chi connectivity index (χ1) is 12.8. The molecule has 0 aliphatic carbocycles. The molecule has 3 aromatic rings. The van der Waals surface area contributed by atoms with Crippen LogP contribution in [-0.2, 0) is 4.84 Å². The fraction of sp³-hybridized carbons (Fsp3) is 0. The summed E-state index contributed by atoms with van der Waals surface area (Å²) >= 11 is 1.47. The highest BCUT2D eigenvalue weighted by atomic mass is 32.2. The van der Waals surface area contributed by atoms with Crippen molar-refractivity contribution in [2.24, 2.45) is 10.1 Å². The molecule has 8 heteroatoms. The van der Waals surface area contributed by atoms with Crippen molar-refractivity contribution in [1.82, 2.24) is 9.97 Å². The monoisotopic (exact) mass is 365 g/mol. The summed E-state index contributed by atoms with van der Waals surface area (Å²) in [6, 6.07) is 16.5. The molecule has 0 amide bonds. The first-order valence-corrected chi connectivity index (χ1v) is 8.39. The van der Waals surface area contributed by atoms with Crippen molar-refractivity contribution in [2.45, 2.75) is 10.1 Å². The Labute approximate surface area is 154 Å². The summed E-state index contributed by atoms with van der Waals surface area (Å²) in [7, 11) is 0. The SMILES string of the molecule is Nc1ccccc1O/C=N/O/C=N/c1ccc(Sc2ncccn2)cc1. The summed E-state index contributed by atoms with van der Waals surface area (Å²) in [5.74, 6) is 0.507. The van der Waals surface area contributed by atoms with Crippen molar-refractivity contribution in [3.63, 3.8) is 0 Å². The second-order valence-corrected chi connectivity index (χ2v) is 5.87. The van der Waals surface area contributed by atoms with Crippen LogP contribution in [0.3, 0.4) is 0 Å². The van der Waals surface area contributed by atoms with Crippen LogP contribution in [0.15, 0.2) is 87.2 Å². The maximum absolute atomic E-state index is 5.73. The number of ether oxygens (including phenoxy) is 1. The minimum absolute atomic E-state index is 0.507. The molecule has 0 bridgehead atoms. The molecule has 0 aliphatic heterocycles. The summed E-state index contributed by atoms with van der Waals surface area (Å²) < 4.78 is 5.24. The predicted octanol–water partition coefficient (Wildman–Crippen LogP) is 3.91. The molecule has 0 fully saturated rings. The number of aliphatic imine (C=N–C) groups is 1. The van der Waals surface area contributed by atoms with E-state index in [0.29, 0.717) is 16.6 Å². The number of nitrogen functional groups attached to an aromatic ring is 1. The molecule has 2 aromatic carbocycles. The summed E-state index contributed by atoms with van der Waals surface area (Å²) in [5, 5.41) is 4.32. The number of oxime groups is 1. The zero-order chi connectivity index (χ0) is 18.0. The van der Waals surface area contributed by atoms with Crippen LogP contribution in [0.4, 0.5) is 11.4 Å². The number of hydrogen-bond acceptors (Lipinski definition) is 8. The standard InChI is InChI=1S/C18H15N5O2S/c19-16-4-1-2-5-17(16)24-13-23-25-12-22-14-6-8-15(9-7-14)26-18-20-10-3-11-21-18/h1-13H,19H2/b22-12+,23-13+. The average Bonchev–Trinajstić information content (AvgIpc) is 2.68. The van der Waals surface area contributed by atoms with Gasteiger partial charge in [-0.3, -0.25) is 0 Å². The van der Waals surface area contributed by atoms with Gasteiger partial charge in [0.1, 0.15) is 0 Å². The smallest absolute Gasteiger partial charge is 0.219 e. The van der Waals surface area contributed by atoms with Crippen molar-refractivity contribution in [3.05, 3.63) is 67.0 Å². The fourth-order valence-electron chi connectivity index (χ4n) is 1.85. The van der Waals surface area contributed by atoms with Gasteiger partial charge < -0.3 is 15.3 Å². The third-order valence-electron chi connectivity index (χ3n) is 3.04. The quantitative estimate of drug-likeness (QED) is 0.224. The fourth-order valence-corrected chi connectivity index (χ4v) is 2.56. The molecule has 0 unspecified atom stereocenters. The normalized spacial score (nSPS) is 11.1. The molecule has 2 N–H and O–H groups in total. The van der Waals surface area contributed by atoms with Crippen LogP contribution in [-0.4, -0.2) is 22.8 Å². The van der Waals surface area contributed by atoms with Crippen LogP contribution in [0.2, 0.25) is 0 Å². The Hall–Kier alpha value is -3.39. The van der Waals surface area contributed by atoms with Gasteiger partial charge in [-0.25, -0.2) is 15.0 Å². The maximum Gasteiger partial charge on any atom is 0.219 e. The molecule has 3 rings (SSSR count). The molecule has 0 radical (unpaired) electrons. The van der Waals surface area contributed by atoms with E-state index >= 15 is 0 Å². The third kappa shape index (κ3) is 5.32. The molecule has 1 aromatic heterocycles. The molecule has 26 heavy (non-hydrogen) atoms. The van der Waals surface area contributed by atoms with Gasteiger partial charge in [0.15, 0.2) is 10.9 Å². The summed E-state index contributed by atoms with van der Waals surface area (Å²) in [6.07, 6.45) is 5.79. The van der Waals surface area contributed by atoms with Gasteiger partial charge in [-0.2, -0.15) is 0 Å². The molecule has 7 nitrogen and oxygen atoms in total. The second kappa shape index (κ2) is 9.19. The lowest BCUT2D eigenvalue weighted by Crippen LogP contribution is -1.95. The number of hydrogen-bond donors (Lipinski definition) is 1. The maximum atomic E-state index is 5.73. The van der Waals surface area contributed by atoms with Gasteiger partial charge in [0.2, 0.25) is 12.8 Å². The van der Waals surface area contributed by atoms with E-state index in [4.69, 9.17) is 15.3 Å². The van der Waals surface area contributed by atoms with Gasteiger partial charge in [-0.15, -0.1) is 0 Å². The van der Waals surface area contributed by atoms with Crippen LogP contribution in [0.25, 0.3) is 0 Å². The van der Waals surface area contributed by atoms with E-state index in [1.807, 2.05) is 36.4 Å². The van der Waals surface area contributed by atoms with Crippen LogP contribution in [0.1, 0.15) is 0 Å². The van der Waals surface area contributed by atoms with Crippen LogP contribution < -0.4 is 10.5 Å². The van der Waals surface area contributed by atoms with Crippen LogP contribution >= 0.6 is 11.8 Å². The highest BCUT2D eigenvalue weighted by Gasteiger charge is 1.99. The molecule has 0 spiro atoms. The minimum Gasteiger partial charge on any atom is -0.440 e. The Bertz CT molecular complexity index is 886. The number of nitrogens with two attached hydrogens (primary N) is 1. The van der Waals surface area contributed by atoms with E-state index < -0.39 is 0 Å². The molecule has 0 saturated heterocycles. The Morgan fingerprint density at radius 1 is 0.923 bits per heavy atom. The van der Waals surface area contributed by atoms with E-state index in [1.54, 1.807) is 30.6 Å². The molecule has 0 atom stereocenters. The lowest BCUT2D eigenvalue weighted by atomic mass is 10.3. The average molecular weight is 365 g/mol. The van der Waals surface area contributed by atoms with Gasteiger partial charge in [-0.05, 0) is 59.4 Å². The molecule has 0 saturated carbocycles. The lowest BCUT2D eigenvalue weighted by Gasteiger charge is -2.01. The Morgan fingerprint density at radius 3 is 2.46 bits per heavy atom. The zero-order valence-electron chi connectivity index (χ0n) is 13.6. The van der Waals surface area contributed by atoms with Crippen molar-refractivity contribution >= 4 is 35.9 Å². The van der Waals surface area contributed by atoms with E-state index in [-0.39, 0.29) is 0 Å². The highest BCUT2D eigenvalue weighted by Crippen LogP contribution is 2.25.